The zero-order chi connectivity index (χ0) is 11.7. The number of hydrogen-bond acceptors (Lipinski definition) is 5. The van der Waals surface area contributed by atoms with Gasteiger partial charge in [0, 0.05) is 18.3 Å². The van der Waals surface area contributed by atoms with Crippen molar-refractivity contribution in [2.24, 2.45) is 12.8 Å². The summed E-state index contributed by atoms with van der Waals surface area (Å²) in [7, 11) is 1.67. The number of nitrogens with zero attached hydrogens (tertiary/aromatic N) is 2. The van der Waals surface area contributed by atoms with Crippen molar-refractivity contribution in [2.75, 3.05) is 0 Å². The van der Waals surface area contributed by atoms with Gasteiger partial charge in [0.15, 0.2) is 5.16 Å². The highest BCUT2D eigenvalue weighted by molar-refractivity contribution is 7.99. The van der Waals surface area contributed by atoms with Gasteiger partial charge in [0.2, 0.25) is 0 Å². The fraction of sp³-hybridized carbons (Fsp3) is 0.667. The van der Waals surface area contributed by atoms with Gasteiger partial charge in [-0.15, -0.1) is 0 Å². The third-order valence-electron chi connectivity index (χ3n) is 2.64. The van der Waals surface area contributed by atoms with Crippen LogP contribution in [0.3, 0.4) is 0 Å². The third kappa shape index (κ3) is 2.35. The van der Waals surface area contributed by atoms with Gasteiger partial charge >= 0.3 is 11.1 Å². The van der Waals surface area contributed by atoms with Crippen LogP contribution in [0.1, 0.15) is 19.3 Å². The monoisotopic (exact) mass is 242 g/mol. The molecule has 6 nitrogen and oxygen atoms in total. The maximum atomic E-state index is 11.1. The van der Waals surface area contributed by atoms with Crippen LogP contribution in [0.15, 0.2) is 14.7 Å². The first-order chi connectivity index (χ1) is 7.56. The average molecular weight is 242 g/mol. The molecule has 0 aromatic carbocycles. The molecule has 0 amide bonds. The lowest BCUT2D eigenvalue weighted by atomic mass is 10.3. The molecule has 7 heteroatoms. The Hall–Kier alpha value is -1.08. The number of nitrogens with two attached hydrogens (primary N) is 1. The Balaban J connectivity index is 2.19. The number of rotatable bonds is 2. The van der Waals surface area contributed by atoms with Gasteiger partial charge in [-0.05, 0) is 19.3 Å². The summed E-state index contributed by atoms with van der Waals surface area (Å²) < 4.78 is 1.48. The van der Waals surface area contributed by atoms with Gasteiger partial charge in [0.05, 0.1) is 0 Å². The van der Waals surface area contributed by atoms with Crippen LogP contribution in [0, 0.1) is 0 Å². The lowest BCUT2D eigenvalue weighted by molar-refractivity contribution is 0.594. The molecule has 1 heterocycles. The van der Waals surface area contributed by atoms with E-state index in [4.69, 9.17) is 5.73 Å². The predicted octanol–water partition coefficient (Wildman–Crippen LogP) is -0.559. The Morgan fingerprint density at radius 2 is 2.25 bits per heavy atom. The van der Waals surface area contributed by atoms with Gasteiger partial charge in [-0.2, -0.15) is 4.98 Å². The predicted molar refractivity (Wildman–Crippen MR) is 61.6 cm³/mol. The molecule has 1 saturated carbocycles. The highest BCUT2D eigenvalue weighted by Gasteiger charge is 2.24. The molecule has 0 saturated heterocycles. The van der Waals surface area contributed by atoms with E-state index >= 15 is 0 Å². The Labute approximate surface area is 96.2 Å². The van der Waals surface area contributed by atoms with Crippen LogP contribution in [0.2, 0.25) is 0 Å². The van der Waals surface area contributed by atoms with Crippen molar-refractivity contribution in [2.45, 2.75) is 35.7 Å². The van der Waals surface area contributed by atoms with Crippen molar-refractivity contribution in [3.05, 3.63) is 20.7 Å². The second kappa shape index (κ2) is 4.42. The van der Waals surface area contributed by atoms with E-state index in [9.17, 15) is 9.59 Å². The van der Waals surface area contributed by atoms with Gasteiger partial charge < -0.3 is 5.73 Å². The van der Waals surface area contributed by atoms with Crippen molar-refractivity contribution in [1.82, 2.24) is 14.8 Å². The number of H-pyrrole nitrogens is 1. The van der Waals surface area contributed by atoms with E-state index in [1.807, 2.05) is 0 Å². The molecule has 2 atom stereocenters. The smallest absolute Gasteiger partial charge is 0.328 e. The van der Waals surface area contributed by atoms with Crippen molar-refractivity contribution >= 4 is 11.8 Å². The molecule has 1 aliphatic carbocycles. The molecule has 1 aliphatic rings. The normalized spacial score (nSPS) is 24.9. The largest absolute Gasteiger partial charge is 0.339 e. The molecule has 0 aliphatic heterocycles. The van der Waals surface area contributed by atoms with Crippen LogP contribution in [-0.2, 0) is 7.05 Å². The minimum Gasteiger partial charge on any atom is -0.328 e. The van der Waals surface area contributed by atoms with Crippen LogP contribution in [0.25, 0.3) is 0 Å². The molecule has 88 valence electrons. The summed E-state index contributed by atoms with van der Waals surface area (Å²) in [6.45, 7) is 0. The molecule has 1 aromatic rings. The summed E-state index contributed by atoms with van der Waals surface area (Å²) in [4.78, 5) is 25.9. The fourth-order valence-corrected chi connectivity index (χ4v) is 3.03. The summed E-state index contributed by atoms with van der Waals surface area (Å²) in [6.07, 6.45) is 2.97. The Morgan fingerprint density at radius 3 is 2.88 bits per heavy atom. The first-order valence-corrected chi connectivity index (χ1v) is 6.04. The topological polar surface area (TPSA) is 93.8 Å². The first kappa shape index (κ1) is 11.4. The highest BCUT2D eigenvalue weighted by Crippen LogP contribution is 2.32. The SMILES string of the molecule is Cn1[nH]c(=O)c(=O)nc1SC1CCC(N)C1. The van der Waals surface area contributed by atoms with Crippen molar-refractivity contribution in [1.29, 1.82) is 0 Å². The summed E-state index contributed by atoms with van der Waals surface area (Å²) in [5.41, 5.74) is 4.39. The van der Waals surface area contributed by atoms with E-state index in [1.165, 1.54) is 16.4 Å². The van der Waals surface area contributed by atoms with Gasteiger partial charge in [-0.1, -0.05) is 11.8 Å². The molecule has 2 rings (SSSR count). The molecule has 1 aromatic heterocycles. The van der Waals surface area contributed by atoms with Crippen LogP contribution >= 0.6 is 11.8 Å². The lowest BCUT2D eigenvalue weighted by Gasteiger charge is -2.10. The van der Waals surface area contributed by atoms with Crippen LogP contribution in [-0.4, -0.2) is 26.1 Å². The number of aryl methyl sites for hydroxylation is 1. The second-order valence-electron chi connectivity index (χ2n) is 4.01. The van der Waals surface area contributed by atoms with E-state index < -0.39 is 11.1 Å². The van der Waals surface area contributed by atoms with Crippen molar-refractivity contribution in [3.8, 4) is 0 Å². The molecule has 16 heavy (non-hydrogen) atoms. The van der Waals surface area contributed by atoms with Gasteiger partial charge in [0.1, 0.15) is 0 Å². The Morgan fingerprint density at radius 1 is 1.50 bits per heavy atom. The zero-order valence-electron chi connectivity index (χ0n) is 8.97. The standard InChI is InChI=1S/C9H14N4O2S/c1-13-9(11-7(14)8(15)12-13)16-6-3-2-5(10)4-6/h5-6H,2-4,10H2,1H3,(H,12,15). The van der Waals surface area contributed by atoms with Gasteiger partial charge in [-0.25, -0.2) is 0 Å². The maximum Gasteiger partial charge on any atom is 0.339 e. The molecule has 1 fully saturated rings. The highest BCUT2D eigenvalue weighted by atomic mass is 32.2. The average Bonchev–Trinajstić information content (AvgIpc) is 2.60. The summed E-state index contributed by atoms with van der Waals surface area (Å²) in [6, 6.07) is 0.247. The molecule has 0 spiro atoms. The fourth-order valence-electron chi connectivity index (χ4n) is 1.80. The first-order valence-electron chi connectivity index (χ1n) is 5.16. The molecule has 3 N–H and O–H groups in total. The zero-order valence-corrected chi connectivity index (χ0v) is 9.79. The third-order valence-corrected chi connectivity index (χ3v) is 3.98. The number of hydrogen-bond donors (Lipinski definition) is 2. The van der Waals surface area contributed by atoms with E-state index in [0.717, 1.165) is 19.3 Å². The lowest BCUT2D eigenvalue weighted by Crippen LogP contribution is -2.34. The van der Waals surface area contributed by atoms with E-state index in [2.05, 4.69) is 10.1 Å². The molecular weight excluding hydrogens is 228 g/mol. The maximum absolute atomic E-state index is 11.1. The number of aromatic nitrogens is 3. The van der Waals surface area contributed by atoms with Crippen molar-refractivity contribution < 1.29 is 0 Å². The van der Waals surface area contributed by atoms with Crippen LogP contribution in [0.5, 0.6) is 0 Å². The molecule has 0 radical (unpaired) electrons. The quantitative estimate of drug-likeness (QED) is 0.678. The van der Waals surface area contributed by atoms with E-state index in [-0.39, 0.29) is 6.04 Å². The number of aromatic amines is 1. The van der Waals surface area contributed by atoms with Gasteiger partial charge in [0.25, 0.3) is 0 Å². The van der Waals surface area contributed by atoms with Crippen molar-refractivity contribution in [3.63, 3.8) is 0 Å². The molecule has 2 unspecified atom stereocenters. The van der Waals surface area contributed by atoms with Crippen LogP contribution < -0.4 is 16.9 Å². The van der Waals surface area contributed by atoms with Crippen LogP contribution in [0.4, 0.5) is 0 Å². The minimum atomic E-state index is -0.733. The number of nitrogens with one attached hydrogen (secondary N) is 1. The Kier molecular flexibility index (Phi) is 3.15. The van der Waals surface area contributed by atoms with E-state index in [1.54, 1.807) is 7.05 Å². The molecule has 0 bridgehead atoms. The second-order valence-corrected chi connectivity index (χ2v) is 5.28. The number of thioether (sulfide) groups is 1. The Bertz CT molecular complexity index is 495. The summed E-state index contributed by atoms with van der Waals surface area (Å²) in [5.74, 6) is 0. The summed E-state index contributed by atoms with van der Waals surface area (Å²) >= 11 is 1.51. The van der Waals surface area contributed by atoms with Gasteiger partial charge in [-0.3, -0.25) is 19.4 Å². The molecular formula is C9H14N4O2S. The summed E-state index contributed by atoms with van der Waals surface area (Å²) in [5, 5.41) is 3.36. The minimum absolute atomic E-state index is 0.247. The van der Waals surface area contributed by atoms with E-state index in [0.29, 0.717) is 10.4 Å².